The van der Waals surface area contributed by atoms with E-state index in [0.29, 0.717) is 0 Å². The van der Waals surface area contributed by atoms with Crippen molar-refractivity contribution in [2.24, 2.45) is 0 Å². The molecule has 1 fully saturated rings. The van der Waals surface area contributed by atoms with Crippen molar-refractivity contribution in [2.75, 3.05) is 31.6 Å². The Bertz CT molecular complexity index is 279. The van der Waals surface area contributed by atoms with Crippen LogP contribution in [0.25, 0.3) is 0 Å². The number of hydrogen-bond donors (Lipinski definition) is 1. The van der Waals surface area contributed by atoms with E-state index in [4.69, 9.17) is 4.42 Å². The van der Waals surface area contributed by atoms with Gasteiger partial charge in [-0.05, 0) is 19.9 Å². The van der Waals surface area contributed by atoms with Gasteiger partial charge in [0.25, 0.3) is 6.01 Å². The zero-order valence-electron chi connectivity index (χ0n) is 8.62. The van der Waals surface area contributed by atoms with Crippen molar-refractivity contribution >= 4 is 6.01 Å². The fraction of sp³-hybridized carbons (Fsp3) is 0.700. The van der Waals surface area contributed by atoms with Gasteiger partial charge in [0.05, 0.1) is 6.20 Å². The van der Waals surface area contributed by atoms with Crippen LogP contribution in [0.15, 0.2) is 10.6 Å². The summed E-state index contributed by atoms with van der Waals surface area (Å²) >= 11 is 0. The molecule has 0 atom stereocenters. The highest BCUT2D eigenvalue weighted by Crippen LogP contribution is 2.19. The highest BCUT2D eigenvalue weighted by Gasteiger charge is 2.16. The monoisotopic (exact) mass is 195 g/mol. The number of hydrogen-bond acceptors (Lipinski definition) is 4. The van der Waals surface area contributed by atoms with Crippen LogP contribution in [0.3, 0.4) is 0 Å². The molecular formula is C10H17N3O. The Hall–Kier alpha value is -1.03. The molecule has 1 aliphatic heterocycles. The lowest BCUT2D eigenvalue weighted by molar-refractivity contribution is 0.495. The number of anilines is 1. The quantitative estimate of drug-likeness (QED) is 0.779. The molecule has 2 heterocycles. The van der Waals surface area contributed by atoms with E-state index in [1.807, 2.05) is 13.2 Å². The minimum Gasteiger partial charge on any atom is -0.429 e. The van der Waals surface area contributed by atoms with Gasteiger partial charge < -0.3 is 14.6 Å². The van der Waals surface area contributed by atoms with Crippen LogP contribution in [0.4, 0.5) is 6.01 Å². The number of oxazole rings is 1. The van der Waals surface area contributed by atoms with Gasteiger partial charge in [0.2, 0.25) is 0 Å². The Kier molecular flexibility index (Phi) is 3.03. The summed E-state index contributed by atoms with van der Waals surface area (Å²) in [6.45, 7) is 3.12. The first-order valence-corrected chi connectivity index (χ1v) is 5.24. The largest absolute Gasteiger partial charge is 0.429 e. The van der Waals surface area contributed by atoms with E-state index in [-0.39, 0.29) is 0 Å². The maximum Gasteiger partial charge on any atom is 0.297 e. The minimum absolute atomic E-state index is 0.800. The third-order valence-corrected chi connectivity index (χ3v) is 2.54. The second-order valence-electron chi connectivity index (χ2n) is 3.66. The Morgan fingerprint density at radius 3 is 3.00 bits per heavy atom. The molecular weight excluding hydrogens is 178 g/mol. The SMILES string of the molecule is CNCCc1cnc(N2CCCC2)o1. The van der Waals surface area contributed by atoms with E-state index in [1.54, 1.807) is 0 Å². The van der Waals surface area contributed by atoms with Gasteiger partial charge in [-0.3, -0.25) is 0 Å². The van der Waals surface area contributed by atoms with Crippen molar-refractivity contribution < 1.29 is 4.42 Å². The number of likely N-dealkylation sites (N-methyl/N-ethyl adjacent to an activating group) is 1. The highest BCUT2D eigenvalue weighted by atomic mass is 16.4. The molecule has 0 saturated carbocycles. The summed E-state index contributed by atoms with van der Waals surface area (Å²) in [5.74, 6) is 0.973. The predicted molar refractivity (Wildman–Crippen MR) is 55.6 cm³/mol. The Morgan fingerprint density at radius 2 is 2.29 bits per heavy atom. The fourth-order valence-corrected chi connectivity index (χ4v) is 1.72. The van der Waals surface area contributed by atoms with Crippen LogP contribution in [-0.4, -0.2) is 31.7 Å². The molecule has 1 N–H and O–H groups in total. The smallest absolute Gasteiger partial charge is 0.297 e. The van der Waals surface area contributed by atoms with Gasteiger partial charge in [-0.2, -0.15) is 0 Å². The number of aromatic nitrogens is 1. The first kappa shape index (κ1) is 9.52. The zero-order chi connectivity index (χ0) is 9.80. The third kappa shape index (κ3) is 2.07. The van der Waals surface area contributed by atoms with E-state index < -0.39 is 0 Å². The Balaban J connectivity index is 1.94. The van der Waals surface area contributed by atoms with Gasteiger partial charge in [0, 0.05) is 26.1 Å². The van der Waals surface area contributed by atoms with Crippen molar-refractivity contribution in [1.82, 2.24) is 10.3 Å². The molecule has 0 unspecified atom stereocenters. The van der Waals surface area contributed by atoms with Crippen LogP contribution in [0, 0.1) is 0 Å². The average molecular weight is 195 g/mol. The third-order valence-electron chi connectivity index (χ3n) is 2.54. The van der Waals surface area contributed by atoms with E-state index in [2.05, 4.69) is 15.2 Å². The molecule has 4 heteroatoms. The van der Waals surface area contributed by atoms with Crippen molar-refractivity contribution in [1.29, 1.82) is 0 Å². The molecule has 0 radical (unpaired) electrons. The summed E-state index contributed by atoms with van der Waals surface area (Å²) in [6, 6.07) is 0.800. The Morgan fingerprint density at radius 1 is 1.50 bits per heavy atom. The summed E-state index contributed by atoms with van der Waals surface area (Å²) in [6.07, 6.45) is 5.27. The van der Waals surface area contributed by atoms with Crippen molar-refractivity contribution in [3.63, 3.8) is 0 Å². The first-order chi connectivity index (χ1) is 6.90. The molecule has 0 spiro atoms. The van der Waals surface area contributed by atoms with E-state index in [1.165, 1.54) is 12.8 Å². The molecule has 1 aromatic heterocycles. The lowest BCUT2D eigenvalue weighted by Gasteiger charge is -2.10. The summed E-state index contributed by atoms with van der Waals surface area (Å²) < 4.78 is 5.64. The molecule has 78 valence electrons. The van der Waals surface area contributed by atoms with Gasteiger partial charge in [-0.25, -0.2) is 4.98 Å². The summed E-state index contributed by atoms with van der Waals surface area (Å²) in [5.41, 5.74) is 0. The summed E-state index contributed by atoms with van der Waals surface area (Å²) in [4.78, 5) is 6.49. The van der Waals surface area contributed by atoms with Gasteiger partial charge in [-0.1, -0.05) is 0 Å². The maximum atomic E-state index is 5.64. The molecule has 1 aliphatic rings. The molecule has 0 aromatic carbocycles. The van der Waals surface area contributed by atoms with Crippen LogP contribution in [-0.2, 0) is 6.42 Å². The van der Waals surface area contributed by atoms with Crippen molar-refractivity contribution in [3.05, 3.63) is 12.0 Å². The standard InChI is InChI=1S/C10H17N3O/c1-11-5-4-9-8-12-10(14-9)13-6-2-3-7-13/h8,11H,2-7H2,1H3. The second-order valence-corrected chi connectivity index (χ2v) is 3.66. The highest BCUT2D eigenvalue weighted by molar-refractivity contribution is 5.27. The number of nitrogens with one attached hydrogen (secondary N) is 1. The van der Waals surface area contributed by atoms with E-state index in [0.717, 1.165) is 37.8 Å². The van der Waals surface area contributed by atoms with Crippen molar-refractivity contribution in [2.45, 2.75) is 19.3 Å². The zero-order valence-corrected chi connectivity index (χ0v) is 8.62. The normalized spacial score (nSPS) is 16.5. The number of nitrogens with zero attached hydrogens (tertiary/aromatic N) is 2. The topological polar surface area (TPSA) is 41.3 Å². The summed E-state index contributed by atoms with van der Waals surface area (Å²) in [5, 5.41) is 3.09. The minimum atomic E-state index is 0.800. The van der Waals surface area contributed by atoms with E-state index in [9.17, 15) is 0 Å². The van der Waals surface area contributed by atoms with Crippen LogP contribution >= 0.6 is 0 Å². The predicted octanol–water partition coefficient (Wildman–Crippen LogP) is 1.04. The molecule has 0 amide bonds. The molecule has 4 nitrogen and oxygen atoms in total. The maximum absolute atomic E-state index is 5.64. The van der Waals surface area contributed by atoms with Gasteiger partial charge in [0.15, 0.2) is 0 Å². The van der Waals surface area contributed by atoms with Crippen LogP contribution in [0.2, 0.25) is 0 Å². The first-order valence-electron chi connectivity index (χ1n) is 5.24. The molecule has 1 saturated heterocycles. The molecule has 1 aromatic rings. The Labute approximate surface area is 84.3 Å². The molecule has 0 aliphatic carbocycles. The van der Waals surface area contributed by atoms with Crippen LogP contribution < -0.4 is 10.2 Å². The lowest BCUT2D eigenvalue weighted by atomic mass is 10.3. The van der Waals surface area contributed by atoms with Gasteiger partial charge in [0.1, 0.15) is 5.76 Å². The van der Waals surface area contributed by atoms with E-state index >= 15 is 0 Å². The van der Waals surface area contributed by atoms with Crippen molar-refractivity contribution in [3.8, 4) is 0 Å². The average Bonchev–Trinajstić information content (AvgIpc) is 2.85. The van der Waals surface area contributed by atoms with Crippen LogP contribution in [0.1, 0.15) is 18.6 Å². The molecule has 0 bridgehead atoms. The molecule has 14 heavy (non-hydrogen) atoms. The van der Waals surface area contributed by atoms with Gasteiger partial charge in [-0.15, -0.1) is 0 Å². The van der Waals surface area contributed by atoms with Crippen LogP contribution in [0.5, 0.6) is 0 Å². The number of rotatable bonds is 4. The van der Waals surface area contributed by atoms with Gasteiger partial charge >= 0.3 is 0 Å². The summed E-state index contributed by atoms with van der Waals surface area (Å²) in [7, 11) is 1.94. The lowest BCUT2D eigenvalue weighted by Crippen LogP contribution is -2.17. The second kappa shape index (κ2) is 4.46. The molecule has 2 rings (SSSR count). The fourth-order valence-electron chi connectivity index (χ4n) is 1.72.